The number of rotatable bonds is 8. The van der Waals surface area contributed by atoms with Crippen LogP contribution in [-0.4, -0.2) is 36.7 Å². The molecule has 0 aliphatic carbocycles. The Labute approximate surface area is 177 Å². The summed E-state index contributed by atoms with van der Waals surface area (Å²) in [4.78, 5) is 4.41. The van der Waals surface area contributed by atoms with Gasteiger partial charge in [0.2, 0.25) is 10.0 Å². The van der Waals surface area contributed by atoms with Crippen molar-refractivity contribution in [3.8, 4) is 0 Å². The smallest absolute Gasteiger partial charge is 0.240 e. The molecular weight excluding hydrogens is 400 g/mol. The second-order valence-electron chi connectivity index (χ2n) is 7.74. The fraction of sp³-hybridized carbons (Fsp3) is 0.286. The first kappa shape index (κ1) is 21.7. The van der Waals surface area contributed by atoms with Crippen LogP contribution < -0.4 is 15.4 Å². The number of nitrogens with one attached hydrogen (secondary N) is 3. The monoisotopic (exact) mass is 426 g/mol. The summed E-state index contributed by atoms with van der Waals surface area (Å²) >= 11 is 0. The predicted octanol–water partition coefficient (Wildman–Crippen LogP) is 3.30. The number of benzene rings is 1. The van der Waals surface area contributed by atoms with Crippen LogP contribution in [0, 0.1) is 0 Å². The Hall–Kier alpha value is -3.04. The maximum atomic E-state index is 12.4. The molecule has 0 spiro atoms. The number of anilines is 3. The maximum absolute atomic E-state index is 12.4. The Morgan fingerprint density at radius 2 is 1.53 bits per heavy atom. The molecule has 0 saturated carbocycles. The van der Waals surface area contributed by atoms with E-state index < -0.39 is 10.0 Å². The molecule has 0 fully saturated rings. The van der Waals surface area contributed by atoms with Gasteiger partial charge in [-0.25, -0.2) is 18.1 Å². The first-order valence-electron chi connectivity index (χ1n) is 9.60. The number of sulfonamides is 1. The number of hydrogen-bond donors (Lipinski definition) is 3. The van der Waals surface area contributed by atoms with Crippen LogP contribution in [0.4, 0.5) is 17.5 Å². The Balaban J connectivity index is 1.48. The molecule has 3 N–H and O–H groups in total. The van der Waals surface area contributed by atoms with Crippen LogP contribution >= 0.6 is 0 Å². The fourth-order valence-corrected chi connectivity index (χ4v) is 3.69. The van der Waals surface area contributed by atoms with Crippen LogP contribution in [0.5, 0.6) is 0 Å². The van der Waals surface area contributed by atoms with Gasteiger partial charge < -0.3 is 10.6 Å². The van der Waals surface area contributed by atoms with Crippen molar-refractivity contribution in [3.05, 3.63) is 66.4 Å². The van der Waals surface area contributed by atoms with Crippen molar-refractivity contribution in [2.75, 3.05) is 23.7 Å². The quantitative estimate of drug-likeness (QED) is 0.474. The van der Waals surface area contributed by atoms with E-state index in [1.54, 1.807) is 30.5 Å². The number of aromatic nitrogens is 3. The Morgan fingerprint density at radius 1 is 0.833 bits per heavy atom. The van der Waals surface area contributed by atoms with E-state index in [9.17, 15) is 8.42 Å². The molecule has 9 heteroatoms. The van der Waals surface area contributed by atoms with Crippen molar-refractivity contribution in [2.45, 2.75) is 31.1 Å². The van der Waals surface area contributed by atoms with Gasteiger partial charge in [-0.1, -0.05) is 39.0 Å². The molecule has 1 aromatic carbocycles. The molecular formula is C21H26N6O2S. The Bertz CT molecular complexity index is 1050. The Morgan fingerprint density at radius 3 is 2.13 bits per heavy atom. The average Bonchev–Trinajstić information content (AvgIpc) is 2.73. The number of nitrogens with zero attached hydrogens (tertiary/aromatic N) is 3. The van der Waals surface area contributed by atoms with E-state index in [2.05, 4.69) is 51.3 Å². The van der Waals surface area contributed by atoms with Crippen molar-refractivity contribution >= 4 is 27.5 Å². The summed E-state index contributed by atoms with van der Waals surface area (Å²) in [6.45, 7) is 6.86. The average molecular weight is 427 g/mol. The van der Waals surface area contributed by atoms with E-state index in [4.69, 9.17) is 0 Å². The topological polar surface area (TPSA) is 109 Å². The van der Waals surface area contributed by atoms with Gasteiger partial charge in [-0.05, 0) is 47.4 Å². The molecule has 0 bridgehead atoms. The molecule has 2 heterocycles. The second-order valence-corrected chi connectivity index (χ2v) is 9.51. The highest BCUT2D eigenvalue weighted by atomic mass is 32.2. The normalized spacial score (nSPS) is 11.8. The molecule has 0 aliphatic heterocycles. The summed E-state index contributed by atoms with van der Waals surface area (Å²) < 4.78 is 27.5. The van der Waals surface area contributed by atoms with Crippen LogP contribution in [0.1, 0.15) is 26.3 Å². The van der Waals surface area contributed by atoms with Crippen LogP contribution in [0.3, 0.4) is 0 Å². The summed E-state index contributed by atoms with van der Waals surface area (Å²) in [6, 6.07) is 16.0. The summed E-state index contributed by atoms with van der Waals surface area (Å²) in [5.41, 5.74) is 1.06. The molecule has 0 atom stereocenters. The largest absolute Gasteiger partial charge is 0.367 e. The Kier molecular flexibility index (Phi) is 6.63. The zero-order valence-corrected chi connectivity index (χ0v) is 18.1. The zero-order valence-electron chi connectivity index (χ0n) is 17.3. The van der Waals surface area contributed by atoms with Crippen LogP contribution in [0.2, 0.25) is 0 Å². The standard InChI is InChI=1S/C21H26N6O2S/c1-21(2,3)16-7-9-17(10-8-16)30(28,29)24-15-14-23-19-11-12-20(27-26-19)25-18-6-4-5-13-22-18/h4-13,24H,14-15H2,1-3H3,(H,23,26)(H,22,25,27). The molecule has 158 valence electrons. The lowest BCUT2D eigenvalue weighted by Crippen LogP contribution is -2.29. The van der Waals surface area contributed by atoms with Crippen molar-refractivity contribution in [1.82, 2.24) is 19.9 Å². The zero-order chi connectivity index (χ0) is 21.6. The maximum Gasteiger partial charge on any atom is 0.240 e. The highest BCUT2D eigenvalue weighted by molar-refractivity contribution is 7.89. The first-order valence-corrected chi connectivity index (χ1v) is 11.1. The minimum Gasteiger partial charge on any atom is -0.367 e. The van der Waals surface area contributed by atoms with Crippen molar-refractivity contribution < 1.29 is 8.42 Å². The molecule has 3 aromatic rings. The van der Waals surface area contributed by atoms with Crippen molar-refractivity contribution in [3.63, 3.8) is 0 Å². The van der Waals surface area contributed by atoms with Crippen LogP contribution in [0.25, 0.3) is 0 Å². The minimum absolute atomic E-state index is 0.0245. The lowest BCUT2D eigenvalue weighted by molar-refractivity contribution is 0.579. The molecule has 0 aliphatic rings. The summed E-state index contributed by atoms with van der Waals surface area (Å²) in [5, 5.41) is 14.2. The SMILES string of the molecule is CC(C)(C)c1ccc(S(=O)(=O)NCCNc2ccc(Nc3ccccn3)nn2)cc1. The molecule has 2 aromatic heterocycles. The van der Waals surface area contributed by atoms with E-state index in [1.165, 1.54) is 0 Å². The van der Waals surface area contributed by atoms with Crippen molar-refractivity contribution in [1.29, 1.82) is 0 Å². The van der Waals surface area contributed by atoms with Crippen LogP contribution in [-0.2, 0) is 15.4 Å². The summed E-state index contributed by atoms with van der Waals surface area (Å²) in [6.07, 6.45) is 1.69. The number of hydrogen-bond acceptors (Lipinski definition) is 7. The van der Waals surface area contributed by atoms with E-state index in [0.29, 0.717) is 24.0 Å². The highest BCUT2D eigenvalue weighted by Crippen LogP contribution is 2.23. The van der Waals surface area contributed by atoms with Gasteiger partial charge in [0.25, 0.3) is 0 Å². The molecule has 0 amide bonds. The third kappa shape index (κ3) is 5.98. The molecule has 0 unspecified atom stereocenters. The van der Waals surface area contributed by atoms with Crippen molar-refractivity contribution in [2.24, 2.45) is 0 Å². The van der Waals surface area contributed by atoms with Gasteiger partial charge in [0.05, 0.1) is 4.90 Å². The predicted molar refractivity (Wildman–Crippen MR) is 118 cm³/mol. The van der Waals surface area contributed by atoms with Gasteiger partial charge in [-0.3, -0.25) is 0 Å². The molecule has 0 saturated heterocycles. The van der Waals surface area contributed by atoms with E-state index >= 15 is 0 Å². The number of pyridine rings is 1. The highest BCUT2D eigenvalue weighted by Gasteiger charge is 2.17. The molecule has 8 nitrogen and oxygen atoms in total. The molecule has 0 radical (unpaired) electrons. The molecule has 30 heavy (non-hydrogen) atoms. The third-order valence-electron chi connectivity index (χ3n) is 4.34. The molecule has 3 rings (SSSR count). The van der Waals surface area contributed by atoms with Gasteiger partial charge >= 0.3 is 0 Å². The third-order valence-corrected chi connectivity index (χ3v) is 5.82. The van der Waals surface area contributed by atoms with E-state index in [0.717, 1.165) is 5.56 Å². The van der Waals surface area contributed by atoms with Gasteiger partial charge in [-0.2, -0.15) is 0 Å². The van der Waals surface area contributed by atoms with Gasteiger partial charge in [0, 0.05) is 19.3 Å². The summed E-state index contributed by atoms with van der Waals surface area (Å²) in [7, 11) is -3.56. The first-order chi connectivity index (χ1) is 14.2. The fourth-order valence-electron chi connectivity index (χ4n) is 2.65. The van der Waals surface area contributed by atoms with Gasteiger partial charge in [-0.15, -0.1) is 10.2 Å². The van der Waals surface area contributed by atoms with Crippen LogP contribution in [0.15, 0.2) is 65.7 Å². The van der Waals surface area contributed by atoms with E-state index in [1.807, 2.05) is 30.3 Å². The summed E-state index contributed by atoms with van der Waals surface area (Å²) in [5.74, 6) is 1.80. The van der Waals surface area contributed by atoms with Gasteiger partial charge in [0.1, 0.15) is 11.6 Å². The lowest BCUT2D eigenvalue weighted by Gasteiger charge is -2.19. The van der Waals surface area contributed by atoms with Gasteiger partial charge in [0.15, 0.2) is 5.82 Å². The second kappa shape index (κ2) is 9.19. The van der Waals surface area contributed by atoms with E-state index in [-0.39, 0.29) is 16.9 Å². The lowest BCUT2D eigenvalue weighted by atomic mass is 9.87. The minimum atomic E-state index is -3.56.